The SMILES string of the molecule is CN=C(N)C1(c2cc(F)c(Cl)c(F)c2)CC1. The molecule has 2 N–H and O–H groups in total. The lowest BCUT2D eigenvalue weighted by Crippen LogP contribution is -2.29. The van der Waals surface area contributed by atoms with E-state index in [2.05, 4.69) is 4.99 Å². The molecule has 0 heterocycles. The molecular weight excluding hydrogens is 234 g/mol. The third kappa shape index (κ3) is 1.57. The summed E-state index contributed by atoms with van der Waals surface area (Å²) < 4.78 is 26.6. The Balaban J connectivity index is 2.50. The van der Waals surface area contributed by atoms with Crippen LogP contribution in [0.1, 0.15) is 18.4 Å². The Kier molecular flexibility index (Phi) is 2.62. The molecule has 0 aromatic heterocycles. The number of hydrogen-bond donors (Lipinski definition) is 1. The van der Waals surface area contributed by atoms with E-state index in [0.29, 0.717) is 11.4 Å². The Morgan fingerprint density at radius 3 is 2.25 bits per heavy atom. The Hall–Kier alpha value is -1.16. The van der Waals surface area contributed by atoms with Crippen LogP contribution in [0.2, 0.25) is 5.02 Å². The van der Waals surface area contributed by atoms with Crippen molar-refractivity contribution >= 4 is 17.4 Å². The molecule has 1 aliphatic rings. The number of aliphatic imine (C=N–C) groups is 1. The minimum absolute atomic E-state index is 0.411. The smallest absolute Gasteiger partial charge is 0.145 e. The molecule has 0 saturated heterocycles. The van der Waals surface area contributed by atoms with Crippen molar-refractivity contribution in [2.75, 3.05) is 7.05 Å². The van der Waals surface area contributed by atoms with Crippen LogP contribution in [0.25, 0.3) is 0 Å². The quantitative estimate of drug-likeness (QED) is 0.485. The molecule has 1 saturated carbocycles. The van der Waals surface area contributed by atoms with Crippen molar-refractivity contribution in [2.24, 2.45) is 10.7 Å². The lowest BCUT2D eigenvalue weighted by molar-refractivity contribution is 0.578. The summed E-state index contributed by atoms with van der Waals surface area (Å²) in [7, 11) is 1.57. The van der Waals surface area contributed by atoms with Crippen LogP contribution in [0.15, 0.2) is 17.1 Å². The van der Waals surface area contributed by atoms with Crippen molar-refractivity contribution in [3.05, 3.63) is 34.4 Å². The molecule has 0 aliphatic heterocycles. The summed E-state index contributed by atoms with van der Waals surface area (Å²) in [5.74, 6) is -1.10. The van der Waals surface area contributed by atoms with Crippen molar-refractivity contribution in [3.63, 3.8) is 0 Å². The van der Waals surface area contributed by atoms with Gasteiger partial charge in [-0.15, -0.1) is 0 Å². The molecule has 86 valence electrons. The van der Waals surface area contributed by atoms with E-state index in [1.165, 1.54) is 12.1 Å². The second kappa shape index (κ2) is 3.70. The van der Waals surface area contributed by atoms with E-state index >= 15 is 0 Å². The second-order valence-corrected chi connectivity index (χ2v) is 4.32. The molecule has 0 bridgehead atoms. The zero-order valence-corrected chi connectivity index (χ0v) is 9.48. The number of benzene rings is 1. The standard InChI is InChI=1S/C11H11ClF2N2/c1-16-10(15)11(2-3-11)6-4-7(13)9(12)8(14)5-6/h4-5H,2-3H2,1H3,(H2,15,16). The molecule has 1 fully saturated rings. The second-order valence-electron chi connectivity index (χ2n) is 3.94. The van der Waals surface area contributed by atoms with Gasteiger partial charge in [0.25, 0.3) is 0 Å². The average molecular weight is 245 g/mol. The van der Waals surface area contributed by atoms with Crippen molar-refractivity contribution < 1.29 is 8.78 Å². The van der Waals surface area contributed by atoms with E-state index in [-0.39, 0.29) is 0 Å². The summed E-state index contributed by atoms with van der Waals surface area (Å²) in [6, 6.07) is 2.47. The Bertz CT molecular complexity index is 444. The van der Waals surface area contributed by atoms with Crippen LogP contribution in [-0.2, 0) is 5.41 Å². The van der Waals surface area contributed by atoms with Gasteiger partial charge >= 0.3 is 0 Å². The lowest BCUT2D eigenvalue weighted by Gasteiger charge is -2.15. The number of rotatable bonds is 2. The van der Waals surface area contributed by atoms with Gasteiger partial charge in [0.05, 0.1) is 5.41 Å². The van der Waals surface area contributed by atoms with E-state index in [4.69, 9.17) is 17.3 Å². The minimum atomic E-state index is -0.758. The number of amidine groups is 1. The van der Waals surface area contributed by atoms with Gasteiger partial charge in [-0.3, -0.25) is 4.99 Å². The molecule has 2 rings (SSSR count). The van der Waals surface area contributed by atoms with Crippen LogP contribution in [0.4, 0.5) is 8.78 Å². The van der Waals surface area contributed by atoms with Gasteiger partial charge in [-0.05, 0) is 30.5 Å². The van der Waals surface area contributed by atoms with E-state index in [1.807, 2.05) is 0 Å². The summed E-state index contributed by atoms with van der Waals surface area (Å²) in [5, 5.41) is -0.480. The molecule has 0 atom stereocenters. The van der Waals surface area contributed by atoms with E-state index in [9.17, 15) is 8.78 Å². The number of nitrogens with two attached hydrogens (primary N) is 1. The normalized spacial score (nSPS) is 18.6. The van der Waals surface area contributed by atoms with E-state index < -0.39 is 22.1 Å². The van der Waals surface area contributed by atoms with Gasteiger partial charge in [-0.1, -0.05) is 11.6 Å². The van der Waals surface area contributed by atoms with Crippen LogP contribution in [0.5, 0.6) is 0 Å². The van der Waals surface area contributed by atoms with E-state index in [0.717, 1.165) is 12.8 Å². The monoisotopic (exact) mass is 244 g/mol. The molecule has 0 unspecified atom stereocenters. The molecule has 1 aromatic rings. The van der Waals surface area contributed by atoms with Gasteiger partial charge in [-0.2, -0.15) is 0 Å². The fourth-order valence-corrected chi connectivity index (χ4v) is 1.97. The maximum absolute atomic E-state index is 13.3. The highest BCUT2D eigenvalue weighted by Gasteiger charge is 2.48. The zero-order valence-electron chi connectivity index (χ0n) is 8.73. The summed E-state index contributed by atoms with van der Waals surface area (Å²) in [6.07, 6.45) is 1.52. The van der Waals surface area contributed by atoms with Gasteiger partial charge in [-0.25, -0.2) is 8.78 Å². The predicted molar refractivity (Wildman–Crippen MR) is 59.8 cm³/mol. The first-order valence-electron chi connectivity index (χ1n) is 4.89. The Morgan fingerprint density at radius 2 is 1.88 bits per heavy atom. The molecule has 0 radical (unpaired) electrons. The molecule has 1 aliphatic carbocycles. The predicted octanol–water partition coefficient (Wildman–Crippen LogP) is 2.64. The highest BCUT2D eigenvalue weighted by molar-refractivity contribution is 6.30. The van der Waals surface area contributed by atoms with Gasteiger partial charge < -0.3 is 5.73 Å². The largest absolute Gasteiger partial charge is 0.387 e. The molecular formula is C11H11ClF2N2. The third-order valence-electron chi connectivity index (χ3n) is 3.02. The lowest BCUT2D eigenvalue weighted by atomic mass is 9.94. The molecule has 1 aromatic carbocycles. The summed E-state index contributed by atoms with van der Waals surface area (Å²) >= 11 is 5.42. The third-order valence-corrected chi connectivity index (χ3v) is 3.38. The van der Waals surface area contributed by atoms with Gasteiger partial charge in [0.1, 0.15) is 22.5 Å². The summed E-state index contributed by atoms with van der Waals surface area (Å²) in [5.41, 5.74) is 5.78. The summed E-state index contributed by atoms with van der Waals surface area (Å²) in [4.78, 5) is 3.90. The van der Waals surface area contributed by atoms with Gasteiger partial charge in [0.15, 0.2) is 0 Å². The van der Waals surface area contributed by atoms with Crippen LogP contribution in [0.3, 0.4) is 0 Å². The average Bonchev–Trinajstić information content (AvgIpc) is 3.05. The Morgan fingerprint density at radius 1 is 1.38 bits per heavy atom. The van der Waals surface area contributed by atoms with Crippen LogP contribution >= 0.6 is 11.6 Å². The molecule has 16 heavy (non-hydrogen) atoms. The van der Waals surface area contributed by atoms with Gasteiger partial charge in [0, 0.05) is 7.05 Å². The topological polar surface area (TPSA) is 38.4 Å². The van der Waals surface area contributed by atoms with E-state index in [1.54, 1.807) is 7.05 Å². The molecule has 2 nitrogen and oxygen atoms in total. The minimum Gasteiger partial charge on any atom is -0.387 e. The van der Waals surface area contributed by atoms with Crippen LogP contribution in [-0.4, -0.2) is 12.9 Å². The molecule has 0 spiro atoms. The first-order chi connectivity index (χ1) is 7.51. The van der Waals surface area contributed by atoms with Crippen molar-refractivity contribution in [2.45, 2.75) is 18.3 Å². The molecule has 5 heteroatoms. The Labute approximate surface area is 97.1 Å². The fourth-order valence-electron chi connectivity index (χ4n) is 1.86. The van der Waals surface area contributed by atoms with Gasteiger partial charge in [0.2, 0.25) is 0 Å². The first-order valence-corrected chi connectivity index (χ1v) is 5.27. The van der Waals surface area contributed by atoms with Crippen molar-refractivity contribution in [1.29, 1.82) is 0 Å². The summed E-state index contributed by atoms with van der Waals surface area (Å²) in [6.45, 7) is 0. The zero-order chi connectivity index (χ0) is 11.9. The number of halogens is 3. The maximum Gasteiger partial charge on any atom is 0.145 e. The highest BCUT2D eigenvalue weighted by Crippen LogP contribution is 2.49. The highest BCUT2D eigenvalue weighted by atomic mass is 35.5. The van der Waals surface area contributed by atoms with Crippen molar-refractivity contribution in [1.82, 2.24) is 0 Å². The first kappa shape index (κ1) is 11.3. The fraction of sp³-hybridized carbons (Fsp3) is 0.364. The maximum atomic E-state index is 13.3. The van der Waals surface area contributed by atoms with Crippen molar-refractivity contribution in [3.8, 4) is 0 Å². The van der Waals surface area contributed by atoms with Crippen LogP contribution < -0.4 is 5.73 Å². The number of nitrogens with zero attached hydrogens (tertiary/aromatic N) is 1. The van der Waals surface area contributed by atoms with Crippen LogP contribution in [0, 0.1) is 11.6 Å². The number of hydrogen-bond acceptors (Lipinski definition) is 1. The molecule has 0 amide bonds.